The minimum absolute atomic E-state index is 0.00286. The van der Waals surface area contributed by atoms with Gasteiger partial charge in [0.25, 0.3) is 5.91 Å². The van der Waals surface area contributed by atoms with Crippen LogP contribution in [0.5, 0.6) is 0 Å². The van der Waals surface area contributed by atoms with Gasteiger partial charge in [0, 0.05) is 5.56 Å². The quantitative estimate of drug-likeness (QED) is 0.523. The molecule has 122 valence electrons. The third kappa shape index (κ3) is 2.82. The van der Waals surface area contributed by atoms with Crippen LogP contribution < -0.4 is 11.2 Å². The molecule has 1 amide bonds. The summed E-state index contributed by atoms with van der Waals surface area (Å²) in [7, 11) is 0. The smallest absolute Gasteiger partial charge is 0.293 e. The van der Waals surface area contributed by atoms with Crippen molar-refractivity contribution in [3.8, 4) is 5.82 Å². The topological polar surface area (TPSA) is 137 Å². The van der Waals surface area contributed by atoms with Crippen LogP contribution in [-0.4, -0.2) is 37.4 Å². The Labute approximate surface area is 134 Å². The summed E-state index contributed by atoms with van der Waals surface area (Å²) in [5, 5.41) is 18.2. The molecule has 3 aromatic rings. The predicted octanol–water partition coefficient (Wildman–Crippen LogP) is 0.444. The number of hydrazone groups is 1. The van der Waals surface area contributed by atoms with Gasteiger partial charge in [-0.15, -0.1) is 5.10 Å². The van der Waals surface area contributed by atoms with Crippen LogP contribution in [0.25, 0.3) is 5.82 Å². The summed E-state index contributed by atoms with van der Waals surface area (Å²) in [6.07, 6.45) is 1.19. The zero-order valence-electron chi connectivity index (χ0n) is 12.3. The monoisotopic (exact) mass is 330 g/mol. The van der Waals surface area contributed by atoms with E-state index in [2.05, 4.69) is 35.8 Å². The van der Waals surface area contributed by atoms with Crippen molar-refractivity contribution < 1.29 is 13.8 Å². The molecule has 24 heavy (non-hydrogen) atoms. The summed E-state index contributed by atoms with van der Waals surface area (Å²) >= 11 is 0. The van der Waals surface area contributed by atoms with E-state index in [1.54, 1.807) is 19.1 Å². The van der Waals surface area contributed by atoms with Crippen molar-refractivity contribution in [3.05, 3.63) is 47.0 Å². The average Bonchev–Trinajstić information content (AvgIpc) is 3.14. The Hall–Kier alpha value is -3.63. The Bertz CT molecular complexity index is 916. The van der Waals surface area contributed by atoms with Crippen molar-refractivity contribution in [3.63, 3.8) is 0 Å². The number of nitrogens with zero attached hydrogens (tertiary/aromatic N) is 6. The Morgan fingerprint density at radius 3 is 2.92 bits per heavy atom. The molecule has 3 N–H and O–H groups in total. The maximum Gasteiger partial charge on any atom is 0.293 e. The normalized spacial score (nSPS) is 11.1. The maximum absolute atomic E-state index is 13.4. The molecule has 0 aliphatic rings. The number of carbonyl (C=O) groups excluding carboxylic acids is 1. The summed E-state index contributed by atoms with van der Waals surface area (Å²) < 4.78 is 19.1. The second kappa shape index (κ2) is 6.24. The first-order valence-corrected chi connectivity index (χ1v) is 6.66. The van der Waals surface area contributed by atoms with Crippen molar-refractivity contribution in [2.24, 2.45) is 5.10 Å². The number of amides is 1. The van der Waals surface area contributed by atoms with Gasteiger partial charge in [-0.1, -0.05) is 23.4 Å². The zero-order chi connectivity index (χ0) is 17.1. The Balaban J connectivity index is 1.76. The van der Waals surface area contributed by atoms with E-state index in [0.29, 0.717) is 5.69 Å². The van der Waals surface area contributed by atoms with E-state index in [9.17, 15) is 9.18 Å². The average molecular weight is 330 g/mol. The second-order valence-corrected chi connectivity index (χ2v) is 4.63. The zero-order valence-corrected chi connectivity index (χ0v) is 12.3. The molecule has 0 aliphatic heterocycles. The number of halogens is 1. The number of nitrogens with one attached hydrogen (secondary N) is 1. The van der Waals surface area contributed by atoms with Crippen LogP contribution in [0.15, 0.2) is 34.0 Å². The SMILES string of the molecule is Cc1c(C(=O)N/N=C\c2ccccc2F)nnn1-c1nonc1N. The fourth-order valence-corrected chi connectivity index (χ4v) is 1.87. The molecular weight excluding hydrogens is 319 g/mol. The van der Waals surface area contributed by atoms with Crippen LogP contribution >= 0.6 is 0 Å². The number of nitrogens with two attached hydrogens (primary N) is 1. The van der Waals surface area contributed by atoms with Crippen molar-refractivity contribution in [2.75, 3.05) is 5.73 Å². The maximum atomic E-state index is 13.4. The fourth-order valence-electron chi connectivity index (χ4n) is 1.87. The van der Waals surface area contributed by atoms with Gasteiger partial charge in [-0.05, 0) is 23.3 Å². The summed E-state index contributed by atoms with van der Waals surface area (Å²) in [6, 6.07) is 6.01. The summed E-state index contributed by atoms with van der Waals surface area (Å²) in [6.45, 7) is 1.59. The van der Waals surface area contributed by atoms with Gasteiger partial charge >= 0.3 is 0 Å². The number of nitrogen functional groups attached to an aromatic ring is 1. The number of anilines is 1. The van der Waals surface area contributed by atoms with E-state index in [0.717, 1.165) is 0 Å². The third-order valence-corrected chi connectivity index (χ3v) is 3.08. The molecule has 0 radical (unpaired) electrons. The number of carbonyl (C=O) groups is 1. The van der Waals surface area contributed by atoms with E-state index < -0.39 is 11.7 Å². The summed E-state index contributed by atoms with van der Waals surface area (Å²) in [4.78, 5) is 12.1. The van der Waals surface area contributed by atoms with Gasteiger partial charge in [-0.2, -0.15) is 9.78 Å². The molecule has 2 heterocycles. The fraction of sp³-hybridized carbons (Fsp3) is 0.0769. The highest BCUT2D eigenvalue weighted by molar-refractivity contribution is 5.94. The molecule has 0 aliphatic carbocycles. The van der Waals surface area contributed by atoms with Gasteiger partial charge in [-0.3, -0.25) is 4.79 Å². The minimum atomic E-state index is -0.624. The van der Waals surface area contributed by atoms with Crippen LogP contribution in [0.3, 0.4) is 0 Å². The lowest BCUT2D eigenvalue weighted by Gasteiger charge is -1.99. The first kappa shape index (κ1) is 15.3. The van der Waals surface area contributed by atoms with Gasteiger partial charge in [0.05, 0.1) is 11.9 Å². The first-order valence-electron chi connectivity index (χ1n) is 6.66. The van der Waals surface area contributed by atoms with Crippen molar-refractivity contribution in [1.82, 2.24) is 30.7 Å². The first-order chi connectivity index (χ1) is 11.6. The summed E-state index contributed by atoms with van der Waals surface area (Å²) in [5.74, 6) is -0.950. The van der Waals surface area contributed by atoms with E-state index in [4.69, 9.17) is 5.73 Å². The standard InChI is InChI=1S/C13H11FN8O2/c1-7-10(17-21-22(7)12-11(15)19-24-20-12)13(23)18-16-6-8-4-2-3-5-9(8)14/h2-6H,1H3,(H2,15,19)(H,18,23)/b16-6-. The third-order valence-electron chi connectivity index (χ3n) is 3.08. The molecule has 0 saturated carbocycles. The van der Waals surface area contributed by atoms with Crippen molar-refractivity contribution >= 4 is 17.9 Å². The van der Waals surface area contributed by atoms with E-state index in [1.807, 2.05) is 0 Å². The molecule has 2 aromatic heterocycles. The Kier molecular flexibility index (Phi) is 3.97. The van der Waals surface area contributed by atoms with Crippen LogP contribution in [0.1, 0.15) is 21.7 Å². The number of aromatic nitrogens is 5. The molecule has 0 saturated heterocycles. The van der Waals surface area contributed by atoms with Gasteiger partial charge in [0.2, 0.25) is 11.6 Å². The molecule has 1 aromatic carbocycles. The molecular formula is C13H11FN8O2. The number of benzene rings is 1. The molecule has 10 nitrogen and oxygen atoms in total. The van der Waals surface area contributed by atoms with E-state index in [1.165, 1.54) is 23.0 Å². The molecule has 0 unspecified atom stereocenters. The van der Waals surface area contributed by atoms with E-state index in [-0.39, 0.29) is 22.9 Å². The molecule has 11 heteroatoms. The molecule has 0 atom stereocenters. The lowest BCUT2D eigenvalue weighted by atomic mass is 10.2. The second-order valence-electron chi connectivity index (χ2n) is 4.63. The molecule has 0 spiro atoms. The minimum Gasteiger partial charge on any atom is -0.378 e. The molecule has 0 fully saturated rings. The number of rotatable bonds is 4. The molecule has 0 bridgehead atoms. The lowest BCUT2D eigenvalue weighted by molar-refractivity contribution is 0.0949. The van der Waals surface area contributed by atoms with Crippen LogP contribution in [0.2, 0.25) is 0 Å². The lowest BCUT2D eigenvalue weighted by Crippen LogP contribution is -2.19. The Morgan fingerprint density at radius 2 is 2.21 bits per heavy atom. The van der Waals surface area contributed by atoms with Gasteiger partial charge < -0.3 is 5.73 Å². The highest BCUT2D eigenvalue weighted by atomic mass is 19.1. The van der Waals surface area contributed by atoms with Gasteiger partial charge in [0.1, 0.15) is 5.82 Å². The number of hydrogen-bond acceptors (Lipinski definition) is 8. The van der Waals surface area contributed by atoms with Crippen molar-refractivity contribution in [1.29, 1.82) is 0 Å². The van der Waals surface area contributed by atoms with Crippen molar-refractivity contribution in [2.45, 2.75) is 6.92 Å². The van der Waals surface area contributed by atoms with Gasteiger partial charge in [0.15, 0.2) is 5.69 Å². The molecule has 3 rings (SSSR count). The van der Waals surface area contributed by atoms with Gasteiger partial charge in [-0.25, -0.2) is 14.4 Å². The number of hydrogen-bond donors (Lipinski definition) is 2. The largest absolute Gasteiger partial charge is 0.378 e. The Morgan fingerprint density at radius 1 is 1.42 bits per heavy atom. The van der Waals surface area contributed by atoms with Crippen LogP contribution in [0, 0.1) is 12.7 Å². The highest BCUT2D eigenvalue weighted by Crippen LogP contribution is 2.14. The summed E-state index contributed by atoms with van der Waals surface area (Å²) in [5.41, 5.74) is 8.41. The highest BCUT2D eigenvalue weighted by Gasteiger charge is 2.20. The predicted molar refractivity (Wildman–Crippen MR) is 79.8 cm³/mol. The van der Waals surface area contributed by atoms with E-state index >= 15 is 0 Å². The van der Waals surface area contributed by atoms with Crippen LogP contribution in [-0.2, 0) is 0 Å². The van der Waals surface area contributed by atoms with Crippen LogP contribution in [0.4, 0.5) is 10.2 Å².